The van der Waals surface area contributed by atoms with Crippen LogP contribution >= 0.6 is 0 Å². The van der Waals surface area contributed by atoms with Crippen molar-refractivity contribution in [3.8, 4) is 0 Å². The lowest BCUT2D eigenvalue weighted by Crippen LogP contribution is -2.42. The molecule has 0 saturated heterocycles. The second kappa shape index (κ2) is 2.50. The van der Waals surface area contributed by atoms with Gasteiger partial charge in [-0.2, -0.15) is 0 Å². The molecule has 2 aliphatic rings. The van der Waals surface area contributed by atoms with Gasteiger partial charge >= 0.3 is 0 Å². The summed E-state index contributed by atoms with van der Waals surface area (Å²) in [5.41, 5.74) is 0.902. The van der Waals surface area contributed by atoms with Gasteiger partial charge in [0.1, 0.15) is 0 Å². The van der Waals surface area contributed by atoms with Gasteiger partial charge in [0.15, 0.2) is 0 Å². The molecule has 2 saturated carbocycles. The molecule has 64 valence electrons. The van der Waals surface area contributed by atoms with Crippen molar-refractivity contribution in [2.75, 3.05) is 0 Å². The molecule has 11 heavy (non-hydrogen) atoms. The molecule has 0 heteroatoms. The summed E-state index contributed by atoms with van der Waals surface area (Å²) in [5.74, 6) is 2.03. The standard InChI is InChI=1S/C11H20/c1-9(2)6-10-7-11(8-10)4-3-5-11/h9-10H,3-8H2,1-2H3. The fraction of sp³-hybridized carbons (Fsp3) is 1.00. The number of hydrogen-bond donors (Lipinski definition) is 0. The van der Waals surface area contributed by atoms with Crippen molar-refractivity contribution in [3.63, 3.8) is 0 Å². The molecule has 0 radical (unpaired) electrons. The lowest BCUT2D eigenvalue weighted by atomic mass is 9.51. The highest BCUT2D eigenvalue weighted by molar-refractivity contribution is 4.98. The second-order valence-corrected chi connectivity index (χ2v) is 5.26. The molecule has 0 aromatic heterocycles. The minimum atomic E-state index is 0.902. The summed E-state index contributed by atoms with van der Waals surface area (Å²) in [7, 11) is 0. The first kappa shape index (κ1) is 7.64. The van der Waals surface area contributed by atoms with Crippen molar-refractivity contribution in [2.24, 2.45) is 17.3 Å². The molecule has 0 amide bonds. The van der Waals surface area contributed by atoms with Gasteiger partial charge < -0.3 is 0 Å². The lowest BCUT2D eigenvalue weighted by Gasteiger charge is -2.55. The van der Waals surface area contributed by atoms with Crippen LogP contribution in [0.3, 0.4) is 0 Å². The van der Waals surface area contributed by atoms with Gasteiger partial charge in [-0.1, -0.05) is 20.3 Å². The Labute approximate surface area is 70.4 Å². The smallest absolute Gasteiger partial charge is 0.0292 e. The maximum atomic E-state index is 2.35. The zero-order chi connectivity index (χ0) is 7.90. The minimum absolute atomic E-state index is 0.902. The van der Waals surface area contributed by atoms with Gasteiger partial charge in [-0.05, 0) is 49.4 Å². The molecule has 0 nitrogen and oxygen atoms in total. The van der Waals surface area contributed by atoms with Crippen LogP contribution in [0.2, 0.25) is 0 Å². The van der Waals surface area contributed by atoms with Crippen LogP contribution in [0.1, 0.15) is 52.4 Å². The third-order valence-electron chi connectivity index (χ3n) is 3.66. The average molecular weight is 152 g/mol. The van der Waals surface area contributed by atoms with Gasteiger partial charge in [0.25, 0.3) is 0 Å². The van der Waals surface area contributed by atoms with Crippen LogP contribution in [0.15, 0.2) is 0 Å². The van der Waals surface area contributed by atoms with Crippen molar-refractivity contribution in [1.82, 2.24) is 0 Å². The normalized spacial score (nSPS) is 28.6. The third kappa shape index (κ3) is 1.32. The van der Waals surface area contributed by atoms with E-state index in [-0.39, 0.29) is 0 Å². The summed E-state index contributed by atoms with van der Waals surface area (Å²) in [6, 6.07) is 0. The van der Waals surface area contributed by atoms with Gasteiger partial charge in [0.2, 0.25) is 0 Å². The quantitative estimate of drug-likeness (QED) is 0.567. The van der Waals surface area contributed by atoms with E-state index >= 15 is 0 Å². The highest BCUT2D eigenvalue weighted by atomic mass is 14.5. The van der Waals surface area contributed by atoms with Crippen LogP contribution in [0.4, 0.5) is 0 Å². The van der Waals surface area contributed by atoms with Crippen LogP contribution in [-0.4, -0.2) is 0 Å². The summed E-state index contributed by atoms with van der Waals surface area (Å²) >= 11 is 0. The molecule has 2 fully saturated rings. The Balaban J connectivity index is 1.71. The average Bonchev–Trinajstić information content (AvgIpc) is 1.71. The molecule has 0 aromatic carbocycles. The van der Waals surface area contributed by atoms with Crippen molar-refractivity contribution in [3.05, 3.63) is 0 Å². The molecule has 0 unspecified atom stereocenters. The van der Waals surface area contributed by atoms with E-state index in [0.717, 1.165) is 17.3 Å². The monoisotopic (exact) mass is 152 g/mol. The van der Waals surface area contributed by atoms with Gasteiger partial charge in [0, 0.05) is 0 Å². The first-order valence-corrected chi connectivity index (χ1v) is 5.20. The lowest BCUT2D eigenvalue weighted by molar-refractivity contribution is -0.0321. The zero-order valence-electron chi connectivity index (χ0n) is 7.90. The minimum Gasteiger partial charge on any atom is -0.0628 e. The van der Waals surface area contributed by atoms with E-state index in [1.54, 1.807) is 25.7 Å². The Morgan fingerprint density at radius 2 is 1.91 bits per heavy atom. The topological polar surface area (TPSA) is 0 Å². The van der Waals surface area contributed by atoms with Crippen molar-refractivity contribution in [1.29, 1.82) is 0 Å². The Bertz CT molecular complexity index is 134. The van der Waals surface area contributed by atoms with E-state index in [1.807, 2.05) is 0 Å². The predicted octanol–water partition coefficient (Wildman–Crippen LogP) is 3.61. The first-order chi connectivity index (χ1) is 5.20. The summed E-state index contributed by atoms with van der Waals surface area (Å²) in [4.78, 5) is 0. The van der Waals surface area contributed by atoms with Crippen molar-refractivity contribution in [2.45, 2.75) is 52.4 Å². The summed E-state index contributed by atoms with van der Waals surface area (Å²) < 4.78 is 0. The van der Waals surface area contributed by atoms with E-state index in [0.29, 0.717) is 0 Å². The molecule has 2 rings (SSSR count). The number of rotatable bonds is 2. The molecule has 1 spiro atoms. The second-order valence-electron chi connectivity index (χ2n) is 5.26. The number of hydrogen-bond acceptors (Lipinski definition) is 0. The molecule has 0 aliphatic heterocycles. The molecule has 0 heterocycles. The Morgan fingerprint density at radius 3 is 2.27 bits per heavy atom. The van der Waals surface area contributed by atoms with Crippen LogP contribution in [0, 0.1) is 17.3 Å². The molecule has 0 atom stereocenters. The van der Waals surface area contributed by atoms with E-state index < -0.39 is 0 Å². The summed E-state index contributed by atoms with van der Waals surface area (Å²) in [5, 5.41) is 0. The maximum absolute atomic E-state index is 2.35. The fourth-order valence-corrected chi connectivity index (χ4v) is 3.08. The molecule has 2 aliphatic carbocycles. The van der Waals surface area contributed by atoms with Gasteiger partial charge in [0.05, 0.1) is 0 Å². The van der Waals surface area contributed by atoms with Gasteiger partial charge in [-0.25, -0.2) is 0 Å². The third-order valence-corrected chi connectivity index (χ3v) is 3.66. The molecular formula is C11H20. The van der Waals surface area contributed by atoms with Crippen LogP contribution < -0.4 is 0 Å². The fourth-order valence-electron chi connectivity index (χ4n) is 3.08. The SMILES string of the molecule is CC(C)CC1CC2(CCC2)C1. The van der Waals surface area contributed by atoms with Gasteiger partial charge in [-0.3, -0.25) is 0 Å². The first-order valence-electron chi connectivity index (χ1n) is 5.20. The van der Waals surface area contributed by atoms with E-state index in [1.165, 1.54) is 12.8 Å². The van der Waals surface area contributed by atoms with E-state index in [2.05, 4.69) is 13.8 Å². The highest BCUT2D eigenvalue weighted by Crippen LogP contribution is 2.59. The summed E-state index contributed by atoms with van der Waals surface area (Å²) in [6.07, 6.45) is 9.27. The highest BCUT2D eigenvalue weighted by Gasteiger charge is 2.47. The molecule has 0 bridgehead atoms. The van der Waals surface area contributed by atoms with Crippen LogP contribution in [0.5, 0.6) is 0 Å². The summed E-state index contributed by atoms with van der Waals surface area (Å²) in [6.45, 7) is 4.71. The largest absolute Gasteiger partial charge is 0.0628 e. The van der Waals surface area contributed by atoms with E-state index in [4.69, 9.17) is 0 Å². The molecule has 0 aromatic rings. The predicted molar refractivity (Wildman–Crippen MR) is 48.5 cm³/mol. The van der Waals surface area contributed by atoms with Crippen LogP contribution in [0.25, 0.3) is 0 Å². The molecular weight excluding hydrogens is 132 g/mol. The van der Waals surface area contributed by atoms with Crippen molar-refractivity contribution >= 4 is 0 Å². The van der Waals surface area contributed by atoms with Crippen LogP contribution in [-0.2, 0) is 0 Å². The molecule has 0 N–H and O–H groups in total. The maximum Gasteiger partial charge on any atom is -0.0292 e. The van der Waals surface area contributed by atoms with E-state index in [9.17, 15) is 0 Å². The van der Waals surface area contributed by atoms with Crippen molar-refractivity contribution < 1.29 is 0 Å². The Morgan fingerprint density at radius 1 is 1.27 bits per heavy atom. The van der Waals surface area contributed by atoms with Gasteiger partial charge in [-0.15, -0.1) is 0 Å². The zero-order valence-corrected chi connectivity index (χ0v) is 7.90. The Hall–Kier alpha value is 0. The Kier molecular flexibility index (Phi) is 1.74.